The highest BCUT2D eigenvalue weighted by Crippen LogP contribution is 2.24. The van der Waals surface area contributed by atoms with Crippen molar-refractivity contribution in [2.24, 2.45) is 0 Å². The van der Waals surface area contributed by atoms with E-state index in [1.54, 1.807) is 16.8 Å². The zero-order chi connectivity index (χ0) is 14.0. The molecule has 0 aliphatic carbocycles. The smallest absolute Gasteiger partial charge is 0.258 e. The summed E-state index contributed by atoms with van der Waals surface area (Å²) in [7, 11) is 0. The fraction of sp³-hybridized carbons (Fsp3) is 0.308. The first-order chi connectivity index (χ1) is 9.02. The van der Waals surface area contributed by atoms with Crippen molar-refractivity contribution in [2.75, 3.05) is 0 Å². The normalized spacial score (nSPS) is 10.9. The molecule has 0 unspecified atom stereocenters. The fourth-order valence-electron chi connectivity index (χ4n) is 1.79. The van der Waals surface area contributed by atoms with Crippen LogP contribution in [0.2, 0.25) is 0 Å². The lowest BCUT2D eigenvalue weighted by Crippen LogP contribution is -2.00. The molecule has 0 N–H and O–H groups in total. The van der Waals surface area contributed by atoms with Gasteiger partial charge in [-0.25, -0.2) is 4.68 Å². The number of hydrogen-bond donors (Lipinski definition) is 0. The summed E-state index contributed by atoms with van der Waals surface area (Å²) in [5.74, 6) is 0.356. The second-order valence-corrected chi connectivity index (χ2v) is 5.10. The maximum absolute atomic E-state index is 10.9. The van der Waals surface area contributed by atoms with Gasteiger partial charge in [0.25, 0.3) is 5.69 Å². The molecule has 1 heterocycles. The maximum atomic E-state index is 10.9. The van der Waals surface area contributed by atoms with Crippen molar-refractivity contribution < 1.29 is 4.92 Å². The minimum absolute atomic E-state index is 0.122. The highest BCUT2D eigenvalue weighted by Gasteiger charge is 2.14. The van der Waals surface area contributed by atoms with E-state index in [0.29, 0.717) is 16.8 Å². The Morgan fingerprint density at radius 3 is 2.68 bits per heavy atom. The van der Waals surface area contributed by atoms with Crippen LogP contribution in [0.15, 0.2) is 30.5 Å². The lowest BCUT2D eigenvalue weighted by molar-refractivity contribution is -0.385. The van der Waals surface area contributed by atoms with E-state index in [-0.39, 0.29) is 10.6 Å². The number of aromatic nitrogens is 2. The zero-order valence-corrected chi connectivity index (χ0v) is 12.3. The molecule has 0 saturated heterocycles. The molecule has 0 saturated carbocycles. The third kappa shape index (κ3) is 2.84. The van der Waals surface area contributed by atoms with Crippen LogP contribution in [0, 0.1) is 10.1 Å². The van der Waals surface area contributed by atoms with E-state index in [1.165, 1.54) is 6.07 Å². The van der Waals surface area contributed by atoms with E-state index in [2.05, 4.69) is 34.9 Å². The van der Waals surface area contributed by atoms with Crippen molar-refractivity contribution in [1.82, 2.24) is 9.78 Å². The van der Waals surface area contributed by atoms with Gasteiger partial charge >= 0.3 is 0 Å². The second-order valence-electron chi connectivity index (χ2n) is 4.54. The minimum Gasteiger partial charge on any atom is -0.258 e. The van der Waals surface area contributed by atoms with E-state index in [9.17, 15) is 10.1 Å². The Labute approximate surface area is 119 Å². The van der Waals surface area contributed by atoms with Crippen molar-refractivity contribution in [3.63, 3.8) is 0 Å². The summed E-state index contributed by atoms with van der Waals surface area (Å²) in [4.78, 5) is 10.5. The molecule has 0 aliphatic rings. The predicted octanol–water partition coefficient (Wildman–Crippen LogP) is 3.80. The highest BCUT2D eigenvalue weighted by molar-refractivity contribution is 9.08. The molecule has 0 amide bonds. The van der Waals surface area contributed by atoms with Crippen molar-refractivity contribution in [3.8, 4) is 5.69 Å². The van der Waals surface area contributed by atoms with Gasteiger partial charge in [0.05, 0.1) is 16.3 Å². The Kier molecular flexibility index (Phi) is 3.99. The van der Waals surface area contributed by atoms with Crippen LogP contribution in [0.4, 0.5) is 5.69 Å². The summed E-state index contributed by atoms with van der Waals surface area (Å²) in [6.45, 7) is 4.15. The first-order valence-electron chi connectivity index (χ1n) is 5.92. The molecule has 0 bridgehead atoms. The van der Waals surface area contributed by atoms with E-state index >= 15 is 0 Å². The number of alkyl halides is 1. The molecule has 0 fully saturated rings. The monoisotopic (exact) mass is 323 g/mol. The Morgan fingerprint density at radius 2 is 2.16 bits per heavy atom. The van der Waals surface area contributed by atoms with E-state index in [4.69, 9.17) is 0 Å². The van der Waals surface area contributed by atoms with Crippen LogP contribution in [-0.2, 0) is 5.33 Å². The quantitative estimate of drug-likeness (QED) is 0.488. The van der Waals surface area contributed by atoms with E-state index < -0.39 is 0 Å². The Bertz CT molecular complexity index is 608. The molecule has 100 valence electrons. The number of nitro groups is 1. The summed E-state index contributed by atoms with van der Waals surface area (Å²) in [5.41, 5.74) is 2.59. The SMILES string of the molecule is CC(C)c1ccn(-c2ccc([N+](=O)[O-])c(CBr)c2)n1. The standard InChI is InChI=1S/C13H14BrN3O2/c1-9(2)12-5-6-16(15-12)11-3-4-13(17(18)19)10(7-11)8-14/h3-7,9H,8H2,1-2H3. The highest BCUT2D eigenvalue weighted by atomic mass is 79.9. The molecular formula is C13H14BrN3O2. The van der Waals surface area contributed by atoms with Crippen LogP contribution in [0.1, 0.15) is 31.0 Å². The molecule has 0 spiro atoms. The first-order valence-corrected chi connectivity index (χ1v) is 7.04. The number of nitro benzene ring substituents is 1. The van der Waals surface area contributed by atoms with Crippen molar-refractivity contribution in [2.45, 2.75) is 25.1 Å². The van der Waals surface area contributed by atoms with Gasteiger partial charge in [0.1, 0.15) is 0 Å². The van der Waals surface area contributed by atoms with Gasteiger partial charge in [-0.3, -0.25) is 10.1 Å². The number of nitrogens with zero attached hydrogens (tertiary/aromatic N) is 3. The van der Waals surface area contributed by atoms with Crippen LogP contribution in [0.3, 0.4) is 0 Å². The van der Waals surface area contributed by atoms with Gasteiger partial charge in [-0.1, -0.05) is 29.8 Å². The van der Waals surface area contributed by atoms with Crippen LogP contribution in [0.5, 0.6) is 0 Å². The molecule has 0 atom stereocenters. The fourth-order valence-corrected chi connectivity index (χ4v) is 2.24. The van der Waals surface area contributed by atoms with E-state index in [0.717, 1.165) is 11.4 Å². The largest absolute Gasteiger partial charge is 0.273 e. The van der Waals surface area contributed by atoms with Crippen molar-refractivity contribution in [3.05, 3.63) is 51.8 Å². The Balaban J connectivity index is 2.42. The molecular weight excluding hydrogens is 310 g/mol. The number of halogens is 1. The van der Waals surface area contributed by atoms with Gasteiger partial charge in [0, 0.05) is 23.2 Å². The lowest BCUT2D eigenvalue weighted by Gasteiger charge is -2.05. The van der Waals surface area contributed by atoms with Crippen LogP contribution >= 0.6 is 15.9 Å². The van der Waals surface area contributed by atoms with Gasteiger partial charge < -0.3 is 0 Å². The third-order valence-corrected chi connectivity index (χ3v) is 3.47. The molecule has 6 heteroatoms. The predicted molar refractivity (Wildman–Crippen MR) is 76.9 cm³/mol. The molecule has 2 rings (SSSR count). The molecule has 1 aromatic heterocycles. The molecule has 0 aliphatic heterocycles. The number of benzene rings is 1. The third-order valence-electron chi connectivity index (χ3n) is 2.87. The second kappa shape index (κ2) is 5.52. The summed E-state index contributed by atoms with van der Waals surface area (Å²) < 4.78 is 1.74. The van der Waals surface area contributed by atoms with Crippen LogP contribution in [-0.4, -0.2) is 14.7 Å². The topological polar surface area (TPSA) is 61.0 Å². The Hall–Kier alpha value is -1.69. The molecule has 5 nitrogen and oxygen atoms in total. The minimum atomic E-state index is -0.372. The molecule has 19 heavy (non-hydrogen) atoms. The number of rotatable bonds is 4. The van der Waals surface area contributed by atoms with Gasteiger partial charge in [0.15, 0.2) is 0 Å². The van der Waals surface area contributed by atoms with Gasteiger partial charge in [-0.15, -0.1) is 0 Å². The molecule has 0 radical (unpaired) electrons. The lowest BCUT2D eigenvalue weighted by atomic mass is 10.1. The molecule has 2 aromatic rings. The average Bonchev–Trinajstić information content (AvgIpc) is 2.87. The van der Waals surface area contributed by atoms with Crippen molar-refractivity contribution >= 4 is 21.6 Å². The molecule has 1 aromatic carbocycles. The maximum Gasteiger partial charge on any atom is 0.273 e. The summed E-state index contributed by atoms with van der Waals surface area (Å²) in [6.07, 6.45) is 1.87. The van der Waals surface area contributed by atoms with Gasteiger partial charge in [-0.05, 0) is 24.1 Å². The average molecular weight is 324 g/mol. The summed E-state index contributed by atoms with van der Waals surface area (Å²) >= 11 is 3.28. The number of hydrogen-bond acceptors (Lipinski definition) is 3. The zero-order valence-electron chi connectivity index (χ0n) is 10.7. The van der Waals surface area contributed by atoms with Crippen LogP contribution < -0.4 is 0 Å². The van der Waals surface area contributed by atoms with Gasteiger partial charge in [-0.2, -0.15) is 5.10 Å². The first kappa shape index (κ1) is 13.7. The van der Waals surface area contributed by atoms with Gasteiger partial charge in [0.2, 0.25) is 0 Å². The van der Waals surface area contributed by atoms with Crippen molar-refractivity contribution in [1.29, 1.82) is 0 Å². The summed E-state index contributed by atoms with van der Waals surface area (Å²) in [6, 6.07) is 6.97. The Morgan fingerprint density at radius 1 is 1.42 bits per heavy atom. The van der Waals surface area contributed by atoms with Crippen LogP contribution in [0.25, 0.3) is 5.69 Å². The van der Waals surface area contributed by atoms with E-state index in [1.807, 2.05) is 12.3 Å². The summed E-state index contributed by atoms with van der Waals surface area (Å²) in [5, 5.41) is 15.8.